The van der Waals surface area contributed by atoms with Crippen LogP contribution < -0.4 is 5.32 Å². The number of hydrogen-bond donors (Lipinski definition) is 1. The van der Waals surface area contributed by atoms with Crippen molar-refractivity contribution in [3.05, 3.63) is 21.9 Å². The maximum atomic E-state index is 3.79. The molecule has 1 heterocycles. The molecule has 3 atom stereocenters. The number of nitrogens with one attached hydrogen (secondary N) is 1. The summed E-state index contributed by atoms with van der Waals surface area (Å²) >= 11 is 1.96. The minimum atomic E-state index is 0.269. The monoisotopic (exact) mass is 294 g/mol. The highest BCUT2D eigenvalue weighted by molar-refractivity contribution is 7.12. The molecule has 0 aromatic carbocycles. The Morgan fingerprint density at radius 2 is 2.20 bits per heavy atom. The maximum Gasteiger partial charge on any atom is 0.0601 e. The minimum absolute atomic E-state index is 0.269. The summed E-state index contributed by atoms with van der Waals surface area (Å²) in [6, 6.07) is 5.06. The molecule has 3 heteroatoms. The predicted molar refractivity (Wildman–Crippen MR) is 89.5 cm³/mol. The van der Waals surface area contributed by atoms with Crippen LogP contribution in [0.15, 0.2) is 12.1 Å². The van der Waals surface area contributed by atoms with Crippen LogP contribution in [0.2, 0.25) is 0 Å². The van der Waals surface area contributed by atoms with Crippen LogP contribution in [-0.4, -0.2) is 31.1 Å². The first-order valence-corrected chi connectivity index (χ1v) is 8.78. The first-order chi connectivity index (χ1) is 9.49. The van der Waals surface area contributed by atoms with E-state index in [1.807, 2.05) is 11.3 Å². The number of hydrogen-bond acceptors (Lipinski definition) is 3. The average Bonchev–Trinajstić information content (AvgIpc) is 2.82. The molecule has 0 aliphatic heterocycles. The highest BCUT2D eigenvalue weighted by atomic mass is 32.1. The van der Waals surface area contributed by atoms with Gasteiger partial charge >= 0.3 is 0 Å². The van der Waals surface area contributed by atoms with Crippen LogP contribution in [0, 0.1) is 12.8 Å². The molecule has 1 N–H and O–H groups in total. The van der Waals surface area contributed by atoms with Crippen LogP contribution in [0.3, 0.4) is 0 Å². The van der Waals surface area contributed by atoms with Crippen LogP contribution in [0.5, 0.6) is 0 Å². The summed E-state index contributed by atoms with van der Waals surface area (Å²) < 4.78 is 0. The molecule has 1 aliphatic rings. The Bertz CT molecular complexity index is 426. The highest BCUT2D eigenvalue weighted by Crippen LogP contribution is 2.45. The maximum absolute atomic E-state index is 3.79. The van der Waals surface area contributed by atoms with Crippen molar-refractivity contribution in [2.24, 2.45) is 5.92 Å². The molecule has 114 valence electrons. The van der Waals surface area contributed by atoms with Crippen molar-refractivity contribution in [1.29, 1.82) is 0 Å². The third-order valence-electron chi connectivity index (χ3n) is 4.89. The van der Waals surface area contributed by atoms with Gasteiger partial charge in [0.05, 0.1) is 6.04 Å². The van der Waals surface area contributed by atoms with Gasteiger partial charge in [-0.05, 0) is 58.5 Å². The molecule has 3 unspecified atom stereocenters. The summed E-state index contributed by atoms with van der Waals surface area (Å²) in [5.74, 6) is 0.827. The van der Waals surface area contributed by atoms with Crippen LogP contribution in [0.25, 0.3) is 0 Å². The van der Waals surface area contributed by atoms with Gasteiger partial charge in [0.25, 0.3) is 0 Å². The second kappa shape index (κ2) is 6.59. The first kappa shape index (κ1) is 16.0. The van der Waals surface area contributed by atoms with Gasteiger partial charge in [-0.2, -0.15) is 0 Å². The van der Waals surface area contributed by atoms with E-state index in [-0.39, 0.29) is 5.54 Å². The standard InChI is InChI=1S/C17H30N2S/c1-6-18-16(15-10-9-14(3)20-15)17(19(4)5)11-7-8-13(2)12-17/h9-10,13,16,18H,6-8,11-12H2,1-5H3. The van der Waals surface area contributed by atoms with Gasteiger partial charge in [0.1, 0.15) is 0 Å². The van der Waals surface area contributed by atoms with Crippen LogP contribution >= 0.6 is 11.3 Å². The second-order valence-corrected chi connectivity index (χ2v) is 7.96. The van der Waals surface area contributed by atoms with E-state index < -0.39 is 0 Å². The van der Waals surface area contributed by atoms with Gasteiger partial charge in [-0.1, -0.05) is 26.7 Å². The first-order valence-electron chi connectivity index (χ1n) is 7.96. The Morgan fingerprint density at radius 3 is 2.70 bits per heavy atom. The molecule has 1 aromatic rings. The lowest BCUT2D eigenvalue weighted by Gasteiger charge is -2.50. The van der Waals surface area contributed by atoms with Gasteiger partial charge in [-0.25, -0.2) is 0 Å². The van der Waals surface area contributed by atoms with E-state index in [4.69, 9.17) is 0 Å². The largest absolute Gasteiger partial charge is 0.308 e. The van der Waals surface area contributed by atoms with Crippen molar-refractivity contribution in [2.45, 2.75) is 58.0 Å². The van der Waals surface area contributed by atoms with E-state index in [9.17, 15) is 0 Å². The average molecular weight is 295 g/mol. The Morgan fingerprint density at radius 1 is 1.45 bits per heavy atom. The lowest BCUT2D eigenvalue weighted by molar-refractivity contribution is 0.0384. The molecule has 1 aliphatic carbocycles. The van der Waals surface area contributed by atoms with E-state index in [1.54, 1.807) is 0 Å². The minimum Gasteiger partial charge on any atom is -0.308 e. The van der Waals surface area contributed by atoms with Crippen LogP contribution in [0.4, 0.5) is 0 Å². The zero-order chi connectivity index (χ0) is 14.8. The van der Waals surface area contributed by atoms with Crippen molar-refractivity contribution in [3.63, 3.8) is 0 Å². The van der Waals surface area contributed by atoms with Gasteiger partial charge < -0.3 is 10.2 Å². The van der Waals surface area contributed by atoms with E-state index in [0.29, 0.717) is 6.04 Å². The molecule has 1 aromatic heterocycles. The SMILES string of the molecule is CCNC(c1ccc(C)s1)C1(N(C)C)CCCC(C)C1. The molecular weight excluding hydrogens is 264 g/mol. The smallest absolute Gasteiger partial charge is 0.0601 e. The van der Waals surface area contributed by atoms with E-state index in [0.717, 1.165) is 12.5 Å². The summed E-state index contributed by atoms with van der Waals surface area (Å²) in [4.78, 5) is 5.42. The quantitative estimate of drug-likeness (QED) is 0.875. The number of thiophene rings is 1. The molecule has 20 heavy (non-hydrogen) atoms. The topological polar surface area (TPSA) is 15.3 Å². The van der Waals surface area contributed by atoms with E-state index in [1.165, 1.54) is 35.4 Å². The van der Waals surface area contributed by atoms with Gasteiger partial charge in [0.15, 0.2) is 0 Å². The van der Waals surface area contributed by atoms with Gasteiger partial charge in [0, 0.05) is 15.3 Å². The number of nitrogens with zero attached hydrogens (tertiary/aromatic N) is 1. The molecule has 2 rings (SSSR count). The molecule has 0 bridgehead atoms. The Hall–Kier alpha value is -0.380. The molecule has 1 saturated carbocycles. The van der Waals surface area contributed by atoms with Crippen LogP contribution in [-0.2, 0) is 0 Å². The van der Waals surface area contributed by atoms with Gasteiger partial charge in [0.2, 0.25) is 0 Å². The fourth-order valence-corrected chi connectivity index (χ4v) is 4.92. The molecule has 1 fully saturated rings. The molecule has 0 spiro atoms. The van der Waals surface area contributed by atoms with Crippen molar-refractivity contribution in [1.82, 2.24) is 10.2 Å². The Kier molecular flexibility index (Phi) is 5.27. The number of likely N-dealkylation sites (N-methyl/N-ethyl adjacent to an activating group) is 2. The summed E-state index contributed by atoms with van der Waals surface area (Å²) in [6.45, 7) is 7.89. The van der Waals surface area contributed by atoms with Crippen molar-refractivity contribution >= 4 is 11.3 Å². The molecular formula is C17H30N2S. The second-order valence-electron chi connectivity index (χ2n) is 6.64. The number of rotatable bonds is 5. The molecule has 0 amide bonds. The summed E-state index contributed by atoms with van der Waals surface area (Å²) in [5.41, 5.74) is 0.269. The third kappa shape index (κ3) is 3.10. The summed E-state index contributed by atoms with van der Waals surface area (Å²) in [7, 11) is 4.53. The Balaban J connectivity index is 2.37. The number of aryl methyl sites for hydroxylation is 1. The summed E-state index contributed by atoms with van der Waals surface area (Å²) in [5, 5.41) is 3.79. The lowest BCUT2D eigenvalue weighted by atomic mass is 9.71. The van der Waals surface area contributed by atoms with Crippen molar-refractivity contribution in [3.8, 4) is 0 Å². The summed E-state index contributed by atoms with van der Waals surface area (Å²) in [6.07, 6.45) is 5.34. The lowest BCUT2D eigenvalue weighted by Crippen LogP contribution is -2.55. The molecule has 0 radical (unpaired) electrons. The highest BCUT2D eigenvalue weighted by Gasteiger charge is 2.44. The van der Waals surface area contributed by atoms with Crippen LogP contribution in [0.1, 0.15) is 55.3 Å². The zero-order valence-electron chi connectivity index (χ0n) is 13.7. The fourth-order valence-electron chi connectivity index (χ4n) is 3.86. The normalized spacial score (nSPS) is 28.8. The zero-order valence-corrected chi connectivity index (χ0v) is 14.5. The fraction of sp³-hybridized carbons (Fsp3) is 0.765. The molecule has 0 saturated heterocycles. The van der Waals surface area contributed by atoms with Gasteiger partial charge in [-0.3, -0.25) is 0 Å². The van der Waals surface area contributed by atoms with E-state index in [2.05, 4.69) is 57.2 Å². The van der Waals surface area contributed by atoms with E-state index >= 15 is 0 Å². The molecule has 2 nitrogen and oxygen atoms in total. The van der Waals surface area contributed by atoms with Crippen molar-refractivity contribution in [2.75, 3.05) is 20.6 Å². The third-order valence-corrected chi connectivity index (χ3v) is 5.96. The van der Waals surface area contributed by atoms with Gasteiger partial charge in [-0.15, -0.1) is 11.3 Å². The predicted octanol–water partition coefficient (Wildman–Crippen LogP) is 4.22. The Labute approximate surface area is 128 Å². The van der Waals surface area contributed by atoms with Crippen molar-refractivity contribution < 1.29 is 0 Å².